The Morgan fingerprint density at radius 2 is 1.69 bits per heavy atom. The lowest BCUT2D eigenvalue weighted by Gasteiger charge is -2.15. The zero-order valence-corrected chi connectivity index (χ0v) is 18.8. The number of nitrogens with zero attached hydrogens (tertiary/aromatic N) is 2. The minimum Gasteiger partial charge on any atom is -0.493 e. The molecule has 0 unspecified atom stereocenters. The predicted molar refractivity (Wildman–Crippen MR) is 132 cm³/mol. The number of carbonyl (C=O) groups is 1. The van der Waals surface area contributed by atoms with Crippen LogP contribution in [0.3, 0.4) is 0 Å². The first-order valence-corrected chi connectivity index (χ1v) is 11.2. The number of para-hydroxylation sites is 2. The molecule has 1 heterocycles. The molecule has 1 amide bonds. The van der Waals surface area contributed by atoms with E-state index < -0.39 is 0 Å². The van der Waals surface area contributed by atoms with Gasteiger partial charge in [0.25, 0.3) is 5.91 Å². The fourth-order valence-corrected chi connectivity index (χ4v) is 4.22. The topological polar surface area (TPSA) is 51.1 Å². The molecule has 3 aromatic rings. The van der Waals surface area contributed by atoms with Gasteiger partial charge in [0.15, 0.2) is 16.7 Å². The minimum absolute atomic E-state index is 0.110. The Morgan fingerprint density at radius 3 is 2.38 bits per heavy atom. The molecular formula is C26H24N2O3S. The van der Waals surface area contributed by atoms with E-state index in [0.29, 0.717) is 28.2 Å². The summed E-state index contributed by atoms with van der Waals surface area (Å²) in [7, 11) is 1.61. The van der Waals surface area contributed by atoms with Gasteiger partial charge in [-0.25, -0.2) is 4.99 Å². The summed E-state index contributed by atoms with van der Waals surface area (Å²) in [6, 6.07) is 24.9. The van der Waals surface area contributed by atoms with Crippen molar-refractivity contribution in [2.45, 2.75) is 13.3 Å². The van der Waals surface area contributed by atoms with Crippen LogP contribution in [-0.2, 0) is 4.79 Å². The second-order valence-corrected chi connectivity index (χ2v) is 8.08. The average Bonchev–Trinajstić information content (AvgIpc) is 3.13. The zero-order chi connectivity index (χ0) is 22.3. The summed E-state index contributed by atoms with van der Waals surface area (Å²) < 4.78 is 11.2. The summed E-state index contributed by atoms with van der Waals surface area (Å²) in [6.45, 7) is 2.68. The van der Waals surface area contributed by atoms with E-state index in [-0.39, 0.29) is 5.91 Å². The maximum absolute atomic E-state index is 13.4. The van der Waals surface area contributed by atoms with Gasteiger partial charge in [0, 0.05) is 0 Å². The van der Waals surface area contributed by atoms with Crippen LogP contribution in [0.25, 0.3) is 6.08 Å². The number of anilines is 1. The quantitative estimate of drug-likeness (QED) is 0.402. The summed E-state index contributed by atoms with van der Waals surface area (Å²) in [5.41, 5.74) is 2.43. The lowest BCUT2D eigenvalue weighted by Crippen LogP contribution is -2.28. The number of thioether (sulfide) groups is 1. The van der Waals surface area contributed by atoms with Crippen LogP contribution in [0.2, 0.25) is 0 Å². The Bertz CT molecular complexity index is 1140. The Labute approximate surface area is 192 Å². The van der Waals surface area contributed by atoms with Crippen molar-refractivity contribution in [2.75, 3.05) is 18.6 Å². The molecule has 1 saturated heterocycles. The first-order valence-electron chi connectivity index (χ1n) is 10.4. The van der Waals surface area contributed by atoms with Gasteiger partial charge in [-0.1, -0.05) is 49.4 Å². The maximum Gasteiger partial charge on any atom is 0.271 e. The average molecular weight is 445 g/mol. The molecule has 1 aliphatic rings. The van der Waals surface area contributed by atoms with Gasteiger partial charge in [0.1, 0.15) is 0 Å². The molecule has 5 nitrogen and oxygen atoms in total. The molecule has 0 saturated carbocycles. The van der Waals surface area contributed by atoms with Crippen LogP contribution < -0.4 is 14.4 Å². The molecule has 3 aromatic carbocycles. The smallest absolute Gasteiger partial charge is 0.271 e. The van der Waals surface area contributed by atoms with Gasteiger partial charge in [-0.05, 0) is 66.2 Å². The highest BCUT2D eigenvalue weighted by Gasteiger charge is 2.34. The Hall–Kier alpha value is -3.51. The first-order chi connectivity index (χ1) is 15.7. The van der Waals surface area contributed by atoms with Crippen LogP contribution in [0.15, 0.2) is 88.8 Å². The number of hydrogen-bond acceptors (Lipinski definition) is 5. The lowest BCUT2D eigenvalue weighted by atomic mass is 10.1. The van der Waals surface area contributed by atoms with Gasteiger partial charge in [0.2, 0.25) is 0 Å². The number of amidine groups is 1. The largest absolute Gasteiger partial charge is 0.493 e. The van der Waals surface area contributed by atoms with Crippen LogP contribution in [-0.4, -0.2) is 24.8 Å². The summed E-state index contributed by atoms with van der Waals surface area (Å²) in [6.07, 6.45) is 2.78. The van der Waals surface area contributed by atoms with Crippen LogP contribution >= 0.6 is 11.8 Å². The number of methoxy groups -OCH3 is 1. The van der Waals surface area contributed by atoms with Crippen molar-refractivity contribution in [3.63, 3.8) is 0 Å². The number of rotatable bonds is 7. The number of aliphatic imine (C=N–C) groups is 1. The van der Waals surface area contributed by atoms with Crippen LogP contribution in [0.5, 0.6) is 11.5 Å². The van der Waals surface area contributed by atoms with Crippen LogP contribution in [0, 0.1) is 0 Å². The predicted octanol–water partition coefficient (Wildman–Crippen LogP) is 6.29. The van der Waals surface area contributed by atoms with E-state index in [2.05, 4.69) is 6.92 Å². The van der Waals surface area contributed by atoms with Crippen LogP contribution in [0.4, 0.5) is 11.4 Å². The third-order valence-electron chi connectivity index (χ3n) is 4.75. The second kappa shape index (κ2) is 10.2. The van der Waals surface area contributed by atoms with Gasteiger partial charge >= 0.3 is 0 Å². The highest BCUT2D eigenvalue weighted by atomic mass is 32.2. The minimum atomic E-state index is -0.110. The summed E-state index contributed by atoms with van der Waals surface area (Å²) in [5.74, 6) is 1.22. The van der Waals surface area contributed by atoms with Crippen molar-refractivity contribution in [1.29, 1.82) is 0 Å². The normalized spacial score (nSPS) is 16.1. The fraction of sp³-hybridized carbons (Fsp3) is 0.154. The number of carbonyl (C=O) groups excluding carboxylic acids is 1. The van der Waals surface area contributed by atoms with Crippen molar-refractivity contribution in [2.24, 2.45) is 4.99 Å². The van der Waals surface area contributed by atoms with E-state index in [0.717, 1.165) is 23.4 Å². The Morgan fingerprint density at radius 1 is 0.969 bits per heavy atom. The third kappa shape index (κ3) is 4.86. The summed E-state index contributed by atoms with van der Waals surface area (Å²) >= 11 is 1.36. The molecule has 6 heteroatoms. The number of amides is 1. The molecule has 0 N–H and O–H groups in total. The van der Waals surface area contributed by atoms with E-state index in [9.17, 15) is 4.79 Å². The van der Waals surface area contributed by atoms with Crippen molar-refractivity contribution >= 4 is 40.3 Å². The van der Waals surface area contributed by atoms with Crippen molar-refractivity contribution in [3.8, 4) is 11.5 Å². The van der Waals surface area contributed by atoms with Gasteiger partial charge in [-0.3, -0.25) is 9.69 Å². The molecule has 0 bridgehead atoms. The molecule has 0 spiro atoms. The van der Waals surface area contributed by atoms with Crippen LogP contribution in [0.1, 0.15) is 18.9 Å². The van der Waals surface area contributed by atoms with Crippen molar-refractivity contribution in [3.05, 3.63) is 89.3 Å². The Kier molecular flexibility index (Phi) is 6.92. The molecule has 1 aliphatic heterocycles. The molecule has 0 radical (unpaired) electrons. The molecular weight excluding hydrogens is 420 g/mol. The third-order valence-corrected chi connectivity index (χ3v) is 5.72. The highest BCUT2D eigenvalue weighted by molar-refractivity contribution is 8.19. The maximum atomic E-state index is 13.4. The molecule has 0 aromatic heterocycles. The number of benzene rings is 3. The van der Waals surface area contributed by atoms with E-state index in [1.165, 1.54) is 11.8 Å². The molecule has 0 atom stereocenters. The highest BCUT2D eigenvalue weighted by Crippen LogP contribution is 2.38. The van der Waals surface area contributed by atoms with E-state index in [1.807, 2.05) is 84.9 Å². The Balaban J connectivity index is 1.70. The molecule has 4 rings (SSSR count). The molecule has 1 fully saturated rings. The fourth-order valence-electron chi connectivity index (χ4n) is 3.22. The second-order valence-electron chi connectivity index (χ2n) is 7.08. The first kappa shape index (κ1) is 21.7. The van der Waals surface area contributed by atoms with Gasteiger partial charge in [-0.15, -0.1) is 0 Å². The molecule has 32 heavy (non-hydrogen) atoms. The van der Waals surface area contributed by atoms with Gasteiger partial charge in [0.05, 0.1) is 30.0 Å². The van der Waals surface area contributed by atoms with Gasteiger partial charge < -0.3 is 9.47 Å². The molecule has 0 aliphatic carbocycles. The van der Waals surface area contributed by atoms with Crippen molar-refractivity contribution < 1.29 is 14.3 Å². The van der Waals surface area contributed by atoms with E-state index in [4.69, 9.17) is 14.5 Å². The summed E-state index contributed by atoms with van der Waals surface area (Å²) in [4.78, 5) is 20.4. The summed E-state index contributed by atoms with van der Waals surface area (Å²) in [5, 5.41) is 0.619. The van der Waals surface area contributed by atoms with Gasteiger partial charge in [-0.2, -0.15) is 0 Å². The number of ether oxygens (including phenoxy) is 2. The SMILES string of the molecule is CCCOc1ccc(C=C2SC(=Nc3ccccc3)N(c3ccccc3)C2=O)cc1OC. The zero-order valence-electron chi connectivity index (χ0n) is 18.0. The monoisotopic (exact) mass is 444 g/mol. The lowest BCUT2D eigenvalue weighted by molar-refractivity contribution is -0.113. The van der Waals surface area contributed by atoms with E-state index >= 15 is 0 Å². The molecule has 162 valence electrons. The standard InChI is InChI=1S/C26H24N2O3S/c1-3-16-31-22-15-14-19(17-23(22)30-2)18-24-25(29)28(21-12-8-5-9-13-21)26(32-24)27-20-10-6-4-7-11-20/h4-15,17-18H,3,16H2,1-2H3. The van der Waals surface area contributed by atoms with Crippen molar-refractivity contribution in [1.82, 2.24) is 0 Å². The number of hydrogen-bond donors (Lipinski definition) is 0. The van der Waals surface area contributed by atoms with E-state index in [1.54, 1.807) is 12.0 Å².